The van der Waals surface area contributed by atoms with Crippen LogP contribution in [0.4, 0.5) is 27.6 Å². The van der Waals surface area contributed by atoms with Crippen LogP contribution in [0.15, 0.2) is 41.7 Å². The molecule has 14 nitrogen and oxygen atoms in total. The number of aromatic nitrogens is 8. The summed E-state index contributed by atoms with van der Waals surface area (Å²) in [6.07, 6.45) is 0.121. The highest BCUT2D eigenvalue weighted by atomic mass is 35.5. The van der Waals surface area contributed by atoms with Gasteiger partial charge in [-0.3, -0.25) is 14.4 Å². The van der Waals surface area contributed by atoms with Crippen LogP contribution in [0.25, 0.3) is 17.2 Å². The molecule has 1 saturated heterocycles. The number of hydrogen-bond donors (Lipinski definition) is 2. The van der Waals surface area contributed by atoms with Crippen molar-refractivity contribution >= 4 is 34.9 Å². The predicted octanol–water partition coefficient (Wildman–Crippen LogP) is 4.38. The molecular weight excluding hydrogens is 707 g/mol. The minimum Gasteiger partial charge on any atom is -0.504 e. The van der Waals surface area contributed by atoms with Gasteiger partial charge in [0.25, 0.3) is 11.5 Å². The number of fused-ring (bicyclic) bond motifs is 3. The highest BCUT2D eigenvalue weighted by Gasteiger charge is 2.46. The lowest BCUT2D eigenvalue weighted by Crippen LogP contribution is -2.46. The molecule has 2 amide bonds. The standard InChI is InChI=1S/C31H26ClF5N10O4/c1-15-24(49)23(39-14-38-15)27(51)44-8-6-30(7-9-44)5-4-20-22(30)26(50)47-29(42-25(43-47)16-11-40-46(12-16)28(33)34)45(20)13-21(48)41-19-3-2-17(10-18(19)32)31(35,36)37/h2-3,10-12,14,28,49H,4-9,13H2,1H3,(H,41,48). The molecule has 0 unspecified atom stereocenters. The number of likely N-dealkylation sites (tertiary alicyclic amines) is 1. The van der Waals surface area contributed by atoms with Gasteiger partial charge in [-0.1, -0.05) is 11.6 Å². The predicted molar refractivity (Wildman–Crippen MR) is 168 cm³/mol. The number of carbonyl (C=O) groups excluding carboxylic acids is 2. The molecule has 0 bridgehead atoms. The minimum absolute atomic E-state index is 0.0773. The van der Waals surface area contributed by atoms with E-state index in [1.165, 1.54) is 15.8 Å². The average Bonchev–Trinajstić information content (AvgIpc) is 3.83. The van der Waals surface area contributed by atoms with E-state index in [-0.39, 0.29) is 58.1 Å². The Morgan fingerprint density at radius 3 is 2.55 bits per heavy atom. The van der Waals surface area contributed by atoms with Gasteiger partial charge in [0.2, 0.25) is 11.7 Å². The Morgan fingerprint density at radius 2 is 1.88 bits per heavy atom. The van der Waals surface area contributed by atoms with Crippen LogP contribution in [0.5, 0.6) is 5.75 Å². The van der Waals surface area contributed by atoms with Crippen LogP contribution in [0, 0.1) is 6.92 Å². The molecule has 51 heavy (non-hydrogen) atoms. The number of anilines is 1. The number of halogens is 6. The highest BCUT2D eigenvalue weighted by molar-refractivity contribution is 6.33. The average molecular weight is 733 g/mol. The summed E-state index contributed by atoms with van der Waals surface area (Å²) in [5.41, 5.74) is -1.37. The van der Waals surface area contributed by atoms with Gasteiger partial charge >= 0.3 is 12.7 Å². The SMILES string of the molecule is Cc1ncnc(C(=O)N2CCC3(CCc4c3c(=O)n3nc(-c5cnn(C(F)F)c5)nc3n4CC(=O)Nc3ccc(C(F)(F)F)cc3Cl)CC2)c1O. The van der Waals surface area contributed by atoms with Crippen molar-refractivity contribution < 1.29 is 36.6 Å². The number of amides is 2. The second kappa shape index (κ2) is 12.4. The summed E-state index contributed by atoms with van der Waals surface area (Å²) in [7, 11) is 0. The maximum absolute atomic E-state index is 14.2. The number of alkyl halides is 5. The second-order valence-electron chi connectivity index (χ2n) is 12.3. The maximum atomic E-state index is 14.2. The summed E-state index contributed by atoms with van der Waals surface area (Å²) in [6.45, 7) is -1.45. The molecule has 7 rings (SSSR count). The van der Waals surface area contributed by atoms with Crippen molar-refractivity contribution in [2.24, 2.45) is 0 Å². The zero-order valence-electron chi connectivity index (χ0n) is 26.5. The van der Waals surface area contributed by atoms with Gasteiger partial charge in [-0.25, -0.2) is 14.6 Å². The van der Waals surface area contributed by atoms with E-state index in [0.29, 0.717) is 47.7 Å². The third-order valence-electron chi connectivity index (χ3n) is 9.37. The lowest BCUT2D eigenvalue weighted by molar-refractivity contribution is -0.137. The molecule has 0 atom stereocenters. The fourth-order valence-corrected chi connectivity index (χ4v) is 6.99. The number of nitrogens with zero attached hydrogens (tertiary/aromatic N) is 9. The molecule has 1 aliphatic heterocycles. The summed E-state index contributed by atoms with van der Waals surface area (Å²) in [5.74, 6) is -1.72. The maximum Gasteiger partial charge on any atom is 0.416 e. The zero-order chi connectivity index (χ0) is 36.4. The Hall–Kier alpha value is -5.46. The molecule has 5 aromatic rings. The molecule has 266 valence electrons. The van der Waals surface area contributed by atoms with E-state index < -0.39 is 47.6 Å². The summed E-state index contributed by atoms with van der Waals surface area (Å²) < 4.78 is 68.9. The van der Waals surface area contributed by atoms with Gasteiger partial charge in [-0.2, -0.15) is 36.6 Å². The Balaban J connectivity index is 1.25. The van der Waals surface area contributed by atoms with Crippen molar-refractivity contribution in [1.29, 1.82) is 0 Å². The van der Waals surface area contributed by atoms with E-state index in [4.69, 9.17) is 11.6 Å². The van der Waals surface area contributed by atoms with Crippen LogP contribution in [0.1, 0.15) is 58.8 Å². The number of piperidine rings is 1. The van der Waals surface area contributed by atoms with Crippen LogP contribution in [0.2, 0.25) is 5.02 Å². The van der Waals surface area contributed by atoms with Crippen molar-refractivity contribution in [3.63, 3.8) is 0 Å². The van der Waals surface area contributed by atoms with Crippen molar-refractivity contribution in [3.8, 4) is 17.1 Å². The lowest BCUT2D eigenvalue weighted by atomic mass is 9.74. The number of benzene rings is 1. The Labute approximate surface area is 288 Å². The molecule has 1 fully saturated rings. The van der Waals surface area contributed by atoms with Crippen LogP contribution >= 0.6 is 11.6 Å². The van der Waals surface area contributed by atoms with Gasteiger partial charge in [0.15, 0.2) is 17.3 Å². The first-order valence-electron chi connectivity index (χ1n) is 15.5. The second-order valence-corrected chi connectivity index (χ2v) is 12.7. The van der Waals surface area contributed by atoms with Gasteiger partial charge in [0.1, 0.15) is 12.9 Å². The first-order chi connectivity index (χ1) is 24.2. The molecule has 0 radical (unpaired) electrons. The monoisotopic (exact) mass is 732 g/mol. The molecule has 5 heterocycles. The van der Waals surface area contributed by atoms with Crippen LogP contribution in [-0.4, -0.2) is 73.8 Å². The first-order valence-corrected chi connectivity index (χ1v) is 15.9. The molecule has 0 saturated carbocycles. The van der Waals surface area contributed by atoms with Gasteiger partial charge in [-0.15, -0.1) is 5.10 Å². The van der Waals surface area contributed by atoms with E-state index in [1.807, 2.05) is 0 Å². The molecule has 2 N–H and O–H groups in total. The molecule has 1 aliphatic carbocycles. The van der Waals surface area contributed by atoms with E-state index in [9.17, 15) is 41.4 Å². The number of aromatic hydroxyl groups is 1. The number of carbonyl (C=O) groups is 2. The van der Waals surface area contributed by atoms with Crippen molar-refractivity contribution in [2.75, 3.05) is 18.4 Å². The normalized spacial score (nSPS) is 15.6. The topological polar surface area (TPSA) is 165 Å². The fourth-order valence-electron chi connectivity index (χ4n) is 6.76. The molecule has 2 aliphatic rings. The number of nitrogens with one attached hydrogen (secondary N) is 1. The lowest BCUT2D eigenvalue weighted by Gasteiger charge is -2.39. The smallest absolute Gasteiger partial charge is 0.416 e. The van der Waals surface area contributed by atoms with Crippen molar-refractivity contribution in [1.82, 2.24) is 43.8 Å². The number of aryl methyl sites for hydroxylation is 1. The Bertz CT molecular complexity index is 2280. The largest absolute Gasteiger partial charge is 0.504 e. The Kier molecular flexibility index (Phi) is 8.26. The Morgan fingerprint density at radius 1 is 1.14 bits per heavy atom. The van der Waals surface area contributed by atoms with Gasteiger partial charge in [0, 0.05) is 36.0 Å². The van der Waals surface area contributed by atoms with E-state index in [2.05, 4.69) is 30.5 Å². The van der Waals surface area contributed by atoms with Crippen LogP contribution in [-0.2, 0) is 29.4 Å². The molecule has 1 spiro atoms. The van der Waals surface area contributed by atoms with E-state index in [0.717, 1.165) is 29.0 Å². The van der Waals surface area contributed by atoms with Gasteiger partial charge in [-0.05, 0) is 50.8 Å². The zero-order valence-corrected chi connectivity index (χ0v) is 27.2. The van der Waals surface area contributed by atoms with Crippen LogP contribution < -0.4 is 10.9 Å². The molecule has 4 aromatic heterocycles. The molecular formula is C31H26ClF5N10O4. The highest BCUT2D eigenvalue weighted by Crippen LogP contribution is 2.45. The fraction of sp³-hybridized carbons (Fsp3) is 0.355. The minimum atomic E-state index is -4.65. The quantitative estimate of drug-likeness (QED) is 0.241. The molecule has 1 aromatic carbocycles. The van der Waals surface area contributed by atoms with E-state index >= 15 is 0 Å². The third kappa shape index (κ3) is 5.93. The number of rotatable bonds is 6. The van der Waals surface area contributed by atoms with Crippen molar-refractivity contribution in [2.45, 2.75) is 57.3 Å². The first kappa shape index (κ1) is 34.0. The summed E-state index contributed by atoms with van der Waals surface area (Å²) >= 11 is 6.07. The number of hydrogen-bond acceptors (Lipinski definition) is 9. The molecule has 20 heteroatoms. The van der Waals surface area contributed by atoms with Gasteiger partial charge < -0.3 is 19.9 Å². The third-order valence-corrected chi connectivity index (χ3v) is 9.68. The van der Waals surface area contributed by atoms with E-state index in [1.54, 1.807) is 6.92 Å². The summed E-state index contributed by atoms with van der Waals surface area (Å²) in [6, 6.07) is 2.48. The van der Waals surface area contributed by atoms with Crippen molar-refractivity contribution in [3.05, 3.63) is 80.5 Å². The summed E-state index contributed by atoms with van der Waals surface area (Å²) in [5, 5.41) is 20.5. The summed E-state index contributed by atoms with van der Waals surface area (Å²) in [4.78, 5) is 54.7. The van der Waals surface area contributed by atoms with Gasteiger partial charge in [0.05, 0.1) is 33.7 Å². The van der Waals surface area contributed by atoms with Crippen LogP contribution in [0.3, 0.4) is 0 Å².